The molecule has 2 N–H and O–H groups in total. The summed E-state index contributed by atoms with van der Waals surface area (Å²) >= 11 is 3.40. The van der Waals surface area contributed by atoms with E-state index in [9.17, 15) is 0 Å². The molecule has 0 unspecified atom stereocenters. The Morgan fingerprint density at radius 2 is 2.08 bits per heavy atom. The van der Waals surface area contributed by atoms with Crippen LogP contribution in [0.2, 0.25) is 0 Å². The average Bonchev–Trinajstić information content (AvgIpc) is 2.53. The molecule has 0 spiro atoms. The summed E-state index contributed by atoms with van der Waals surface area (Å²) in [5.41, 5.74) is 5.84. The third-order valence-corrected chi connectivity index (χ3v) is 3.09. The second kappa shape index (κ2) is 3.80. The molecule has 0 aromatic carbocycles. The smallest absolute Gasteiger partial charge is 0.0632 e. The van der Waals surface area contributed by atoms with Crippen LogP contribution in [-0.4, -0.2) is 15.8 Å². The van der Waals surface area contributed by atoms with E-state index in [0.29, 0.717) is 12.1 Å². The molecule has 1 fully saturated rings. The molecule has 1 aromatic rings. The fourth-order valence-corrected chi connectivity index (χ4v) is 2.18. The minimum Gasteiger partial charge on any atom is -0.328 e. The first-order valence-electron chi connectivity index (χ1n) is 4.71. The Bertz CT molecular complexity index is 276. The molecule has 1 heterocycles. The molecule has 3 nitrogen and oxygen atoms in total. The molecular formula is C9H14BrN3. The Morgan fingerprint density at radius 1 is 1.38 bits per heavy atom. The normalized spacial score (nSPS) is 29.1. The van der Waals surface area contributed by atoms with Gasteiger partial charge in [-0.05, 0) is 41.6 Å². The van der Waals surface area contributed by atoms with E-state index in [0.717, 1.165) is 30.2 Å². The lowest BCUT2D eigenvalue weighted by Gasteiger charge is -2.26. The van der Waals surface area contributed by atoms with Crippen LogP contribution in [0.5, 0.6) is 0 Å². The van der Waals surface area contributed by atoms with Gasteiger partial charge >= 0.3 is 0 Å². The summed E-state index contributed by atoms with van der Waals surface area (Å²) in [6.07, 6.45) is 8.46. The number of nitrogens with two attached hydrogens (primary N) is 1. The van der Waals surface area contributed by atoms with Crippen LogP contribution in [0.1, 0.15) is 31.7 Å². The molecule has 0 amide bonds. The van der Waals surface area contributed by atoms with Crippen LogP contribution in [0.4, 0.5) is 0 Å². The van der Waals surface area contributed by atoms with Crippen LogP contribution in [0, 0.1) is 0 Å². The summed E-state index contributed by atoms with van der Waals surface area (Å²) < 4.78 is 3.11. The zero-order valence-electron chi connectivity index (χ0n) is 7.49. The number of hydrogen-bond acceptors (Lipinski definition) is 2. The van der Waals surface area contributed by atoms with Crippen molar-refractivity contribution in [1.82, 2.24) is 9.78 Å². The van der Waals surface area contributed by atoms with Crippen molar-refractivity contribution < 1.29 is 0 Å². The Morgan fingerprint density at radius 3 is 2.62 bits per heavy atom. The molecule has 13 heavy (non-hydrogen) atoms. The van der Waals surface area contributed by atoms with Gasteiger partial charge in [-0.3, -0.25) is 4.68 Å². The highest BCUT2D eigenvalue weighted by atomic mass is 79.9. The Hall–Kier alpha value is -0.350. The van der Waals surface area contributed by atoms with Gasteiger partial charge in [0.25, 0.3) is 0 Å². The van der Waals surface area contributed by atoms with Crippen molar-refractivity contribution >= 4 is 15.9 Å². The zero-order chi connectivity index (χ0) is 9.26. The van der Waals surface area contributed by atoms with Crippen LogP contribution in [0.25, 0.3) is 0 Å². The largest absolute Gasteiger partial charge is 0.328 e. The number of halogens is 1. The summed E-state index contributed by atoms with van der Waals surface area (Å²) in [7, 11) is 0. The molecule has 4 heteroatoms. The molecule has 1 saturated carbocycles. The van der Waals surface area contributed by atoms with E-state index in [1.54, 1.807) is 0 Å². The quantitative estimate of drug-likeness (QED) is 0.821. The van der Waals surface area contributed by atoms with Gasteiger partial charge in [0.1, 0.15) is 0 Å². The van der Waals surface area contributed by atoms with E-state index in [4.69, 9.17) is 5.73 Å². The molecule has 0 aliphatic heterocycles. The van der Waals surface area contributed by atoms with Crippen molar-refractivity contribution in [2.45, 2.75) is 37.8 Å². The molecule has 0 atom stereocenters. The maximum absolute atomic E-state index is 5.84. The molecule has 0 bridgehead atoms. The second-order valence-electron chi connectivity index (χ2n) is 3.71. The number of aromatic nitrogens is 2. The number of rotatable bonds is 1. The van der Waals surface area contributed by atoms with Gasteiger partial charge in [-0.25, -0.2) is 0 Å². The Kier molecular flexibility index (Phi) is 2.69. The van der Waals surface area contributed by atoms with Gasteiger partial charge in [0.15, 0.2) is 0 Å². The van der Waals surface area contributed by atoms with Crippen LogP contribution in [-0.2, 0) is 0 Å². The maximum Gasteiger partial charge on any atom is 0.0632 e. The minimum absolute atomic E-state index is 0.412. The van der Waals surface area contributed by atoms with Crippen molar-refractivity contribution in [2.75, 3.05) is 0 Å². The molecule has 0 radical (unpaired) electrons. The number of nitrogens with zero attached hydrogens (tertiary/aromatic N) is 2. The summed E-state index contributed by atoms with van der Waals surface area (Å²) in [5, 5.41) is 4.29. The molecule has 1 aliphatic carbocycles. The second-order valence-corrected chi connectivity index (χ2v) is 4.62. The van der Waals surface area contributed by atoms with Gasteiger partial charge in [0.05, 0.1) is 16.7 Å². The summed E-state index contributed by atoms with van der Waals surface area (Å²) in [4.78, 5) is 0. The lowest BCUT2D eigenvalue weighted by molar-refractivity contribution is 0.304. The Balaban J connectivity index is 2.02. The monoisotopic (exact) mass is 243 g/mol. The van der Waals surface area contributed by atoms with Crippen LogP contribution in [0.3, 0.4) is 0 Å². The SMILES string of the molecule is N[C@H]1CC[C@H](n2cc(Br)cn2)CC1. The van der Waals surface area contributed by atoms with Gasteiger partial charge in [0.2, 0.25) is 0 Å². The van der Waals surface area contributed by atoms with E-state index in [1.807, 2.05) is 12.4 Å². The lowest BCUT2D eigenvalue weighted by Crippen LogP contribution is -2.27. The topological polar surface area (TPSA) is 43.8 Å². The van der Waals surface area contributed by atoms with Gasteiger partial charge in [-0.15, -0.1) is 0 Å². The predicted octanol–water partition coefficient (Wildman–Crippen LogP) is 2.09. The highest BCUT2D eigenvalue weighted by molar-refractivity contribution is 9.10. The van der Waals surface area contributed by atoms with Crippen molar-refractivity contribution in [3.63, 3.8) is 0 Å². The summed E-state index contributed by atoms with van der Waals surface area (Å²) in [5.74, 6) is 0. The first kappa shape index (κ1) is 9.21. The fraction of sp³-hybridized carbons (Fsp3) is 0.667. The highest BCUT2D eigenvalue weighted by Crippen LogP contribution is 2.27. The predicted molar refractivity (Wildman–Crippen MR) is 55.4 cm³/mol. The van der Waals surface area contributed by atoms with Crippen molar-refractivity contribution in [3.05, 3.63) is 16.9 Å². The summed E-state index contributed by atoms with van der Waals surface area (Å²) in [6.45, 7) is 0. The van der Waals surface area contributed by atoms with Gasteiger partial charge in [0, 0.05) is 12.2 Å². The van der Waals surface area contributed by atoms with Gasteiger partial charge < -0.3 is 5.73 Å². The van der Waals surface area contributed by atoms with Crippen LogP contribution >= 0.6 is 15.9 Å². The third-order valence-electron chi connectivity index (χ3n) is 2.69. The average molecular weight is 244 g/mol. The van der Waals surface area contributed by atoms with Crippen molar-refractivity contribution in [2.24, 2.45) is 5.73 Å². The molecule has 1 aliphatic rings. The molecule has 0 saturated heterocycles. The minimum atomic E-state index is 0.412. The summed E-state index contributed by atoms with van der Waals surface area (Å²) in [6, 6.07) is 0.973. The van der Waals surface area contributed by atoms with E-state index in [1.165, 1.54) is 0 Å². The molecule has 72 valence electrons. The maximum atomic E-state index is 5.84. The highest BCUT2D eigenvalue weighted by Gasteiger charge is 2.20. The van der Waals surface area contributed by atoms with E-state index < -0.39 is 0 Å². The first-order chi connectivity index (χ1) is 6.25. The Labute approximate surface area is 86.4 Å². The third kappa shape index (κ3) is 2.11. The molecular weight excluding hydrogens is 230 g/mol. The molecule has 1 aromatic heterocycles. The van der Waals surface area contributed by atoms with Gasteiger partial charge in [-0.2, -0.15) is 5.10 Å². The fourth-order valence-electron chi connectivity index (χ4n) is 1.88. The van der Waals surface area contributed by atoms with Crippen molar-refractivity contribution in [3.8, 4) is 0 Å². The van der Waals surface area contributed by atoms with Crippen LogP contribution in [0.15, 0.2) is 16.9 Å². The van der Waals surface area contributed by atoms with E-state index in [-0.39, 0.29) is 0 Å². The van der Waals surface area contributed by atoms with Crippen LogP contribution < -0.4 is 5.73 Å². The van der Waals surface area contributed by atoms with Crippen molar-refractivity contribution in [1.29, 1.82) is 0 Å². The lowest BCUT2D eigenvalue weighted by atomic mass is 9.92. The first-order valence-corrected chi connectivity index (χ1v) is 5.50. The van der Waals surface area contributed by atoms with E-state index >= 15 is 0 Å². The zero-order valence-corrected chi connectivity index (χ0v) is 9.07. The molecule has 2 rings (SSSR count). The van der Waals surface area contributed by atoms with Gasteiger partial charge in [-0.1, -0.05) is 0 Å². The number of hydrogen-bond donors (Lipinski definition) is 1. The van der Waals surface area contributed by atoms with E-state index in [2.05, 4.69) is 25.7 Å². The standard InChI is InChI=1S/C9H14BrN3/c10-7-5-12-13(6-7)9-3-1-8(11)2-4-9/h5-6,8-9H,1-4,11H2/t8-,9-.